The summed E-state index contributed by atoms with van der Waals surface area (Å²) in [6.07, 6.45) is 3.51. The molecule has 1 atom stereocenters. The Bertz CT molecular complexity index is 510. The molecular formula is C19H31ClN2O3. The molecule has 2 rings (SSSR count). The van der Waals surface area contributed by atoms with Crippen LogP contribution in [0.4, 0.5) is 0 Å². The number of carbonyl (C=O) groups excluding carboxylic acids is 1. The standard InChI is InChI=1S/C19H30N2O3.ClH/c1-15(4-5-16-6-8-17(24-3)9-7-16)21-18(22)19(14-23-2)10-12-20-13-11-19;/h6-9,15,20H,4-5,10-14H2,1-3H3,(H,21,22);1H. The van der Waals surface area contributed by atoms with Crippen molar-refractivity contribution in [3.63, 3.8) is 0 Å². The molecule has 1 heterocycles. The largest absolute Gasteiger partial charge is 0.497 e. The summed E-state index contributed by atoms with van der Waals surface area (Å²) in [5.41, 5.74) is 0.874. The monoisotopic (exact) mass is 370 g/mol. The lowest BCUT2D eigenvalue weighted by atomic mass is 9.78. The van der Waals surface area contributed by atoms with E-state index in [1.54, 1.807) is 14.2 Å². The number of amides is 1. The molecule has 0 aliphatic carbocycles. The Morgan fingerprint density at radius 1 is 1.24 bits per heavy atom. The van der Waals surface area contributed by atoms with Gasteiger partial charge in [0.05, 0.1) is 19.1 Å². The van der Waals surface area contributed by atoms with Crippen LogP contribution in [0.15, 0.2) is 24.3 Å². The van der Waals surface area contributed by atoms with Crippen molar-refractivity contribution in [1.82, 2.24) is 10.6 Å². The minimum atomic E-state index is -0.381. The molecule has 1 saturated heterocycles. The number of methoxy groups -OCH3 is 2. The summed E-state index contributed by atoms with van der Waals surface area (Å²) >= 11 is 0. The van der Waals surface area contributed by atoms with Crippen molar-refractivity contribution < 1.29 is 14.3 Å². The molecule has 1 aromatic rings. The van der Waals surface area contributed by atoms with Gasteiger partial charge in [-0.25, -0.2) is 0 Å². The van der Waals surface area contributed by atoms with Gasteiger partial charge in [0.25, 0.3) is 0 Å². The fraction of sp³-hybridized carbons (Fsp3) is 0.632. The molecule has 2 N–H and O–H groups in total. The zero-order chi connectivity index (χ0) is 17.4. The molecule has 1 fully saturated rings. The maximum Gasteiger partial charge on any atom is 0.228 e. The van der Waals surface area contributed by atoms with Crippen LogP contribution in [-0.2, 0) is 16.0 Å². The average Bonchev–Trinajstić information content (AvgIpc) is 2.61. The summed E-state index contributed by atoms with van der Waals surface area (Å²) in [6, 6.07) is 8.24. The molecule has 1 aliphatic rings. The summed E-state index contributed by atoms with van der Waals surface area (Å²) in [5.74, 6) is 1.00. The van der Waals surface area contributed by atoms with Crippen LogP contribution in [0.25, 0.3) is 0 Å². The molecule has 0 saturated carbocycles. The highest BCUT2D eigenvalue weighted by Crippen LogP contribution is 2.29. The minimum Gasteiger partial charge on any atom is -0.497 e. The maximum atomic E-state index is 12.8. The van der Waals surface area contributed by atoms with E-state index < -0.39 is 0 Å². The van der Waals surface area contributed by atoms with E-state index in [0.29, 0.717) is 6.61 Å². The third kappa shape index (κ3) is 6.17. The summed E-state index contributed by atoms with van der Waals surface area (Å²) < 4.78 is 10.5. The molecule has 142 valence electrons. The Kier molecular flexibility index (Phi) is 9.25. The van der Waals surface area contributed by atoms with E-state index in [1.165, 1.54) is 5.56 Å². The highest BCUT2D eigenvalue weighted by atomic mass is 35.5. The summed E-state index contributed by atoms with van der Waals surface area (Å²) in [7, 11) is 3.34. The van der Waals surface area contributed by atoms with Crippen LogP contribution >= 0.6 is 12.4 Å². The predicted molar refractivity (Wildman–Crippen MR) is 103 cm³/mol. The fourth-order valence-electron chi connectivity index (χ4n) is 3.24. The smallest absolute Gasteiger partial charge is 0.228 e. The normalized spacial score (nSPS) is 17.2. The van der Waals surface area contributed by atoms with Gasteiger partial charge in [-0.05, 0) is 63.4 Å². The lowest BCUT2D eigenvalue weighted by Crippen LogP contribution is -2.52. The van der Waals surface area contributed by atoms with E-state index in [0.717, 1.165) is 44.5 Å². The van der Waals surface area contributed by atoms with E-state index in [9.17, 15) is 4.79 Å². The van der Waals surface area contributed by atoms with Crippen molar-refractivity contribution in [2.45, 2.75) is 38.6 Å². The van der Waals surface area contributed by atoms with E-state index in [1.807, 2.05) is 12.1 Å². The molecule has 5 nitrogen and oxygen atoms in total. The number of aryl methyl sites for hydroxylation is 1. The summed E-state index contributed by atoms with van der Waals surface area (Å²) in [5, 5.41) is 6.51. The Morgan fingerprint density at radius 2 is 1.88 bits per heavy atom. The van der Waals surface area contributed by atoms with Crippen LogP contribution < -0.4 is 15.4 Å². The molecule has 1 aromatic carbocycles. The quantitative estimate of drug-likeness (QED) is 0.738. The van der Waals surface area contributed by atoms with Crippen molar-refractivity contribution >= 4 is 18.3 Å². The second-order valence-electron chi connectivity index (χ2n) is 6.72. The Labute approximate surface area is 157 Å². The number of benzene rings is 1. The van der Waals surface area contributed by atoms with Crippen LogP contribution in [0.2, 0.25) is 0 Å². The number of hydrogen-bond donors (Lipinski definition) is 2. The minimum absolute atomic E-state index is 0. The molecule has 0 aromatic heterocycles. The number of nitrogens with one attached hydrogen (secondary N) is 2. The Balaban J connectivity index is 0.00000312. The Morgan fingerprint density at radius 3 is 2.44 bits per heavy atom. The van der Waals surface area contributed by atoms with Gasteiger partial charge in [0.2, 0.25) is 5.91 Å². The lowest BCUT2D eigenvalue weighted by molar-refractivity contribution is -0.136. The lowest BCUT2D eigenvalue weighted by Gasteiger charge is -2.36. The van der Waals surface area contributed by atoms with Gasteiger partial charge in [-0.1, -0.05) is 12.1 Å². The van der Waals surface area contributed by atoms with Crippen LogP contribution in [0, 0.1) is 5.41 Å². The Hall–Kier alpha value is -1.30. The number of carbonyl (C=O) groups is 1. The van der Waals surface area contributed by atoms with Crippen molar-refractivity contribution in [2.24, 2.45) is 5.41 Å². The molecular weight excluding hydrogens is 340 g/mol. The van der Waals surface area contributed by atoms with E-state index in [2.05, 4.69) is 29.7 Å². The number of ether oxygens (including phenoxy) is 2. The first kappa shape index (κ1) is 21.7. The fourth-order valence-corrected chi connectivity index (χ4v) is 3.24. The van der Waals surface area contributed by atoms with Gasteiger partial charge in [-0.2, -0.15) is 0 Å². The van der Waals surface area contributed by atoms with E-state index in [-0.39, 0.29) is 29.8 Å². The number of hydrogen-bond acceptors (Lipinski definition) is 4. The van der Waals surface area contributed by atoms with Crippen LogP contribution in [0.3, 0.4) is 0 Å². The zero-order valence-electron chi connectivity index (χ0n) is 15.5. The topological polar surface area (TPSA) is 59.6 Å². The third-order valence-electron chi connectivity index (χ3n) is 4.87. The molecule has 1 amide bonds. The van der Waals surface area contributed by atoms with Crippen molar-refractivity contribution in [3.05, 3.63) is 29.8 Å². The highest BCUT2D eigenvalue weighted by Gasteiger charge is 2.39. The SMILES string of the molecule is COCC1(C(=O)NC(C)CCc2ccc(OC)cc2)CCNCC1.Cl. The highest BCUT2D eigenvalue weighted by molar-refractivity contribution is 5.85. The average molecular weight is 371 g/mol. The number of rotatable bonds is 8. The molecule has 0 radical (unpaired) electrons. The third-order valence-corrected chi connectivity index (χ3v) is 4.87. The van der Waals surface area contributed by atoms with Gasteiger partial charge >= 0.3 is 0 Å². The van der Waals surface area contributed by atoms with Crippen molar-refractivity contribution in [3.8, 4) is 5.75 Å². The first-order valence-corrected chi connectivity index (χ1v) is 8.73. The molecule has 0 bridgehead atoms. The second-order valence-corrected chi connectivity index (χ2v) is 6.72. The van der Waals surface area contributed by atoms with Crippen molar-refractivity contribution in [1.29, 1.82) is 0 Å². The van der Waals surface area contributed by atoms with Crippen molar-refractivity contribution in [2.75, 3.05) is 33.9 Å². The molecule has 6 heteroatoms. The van der Waals surface area contributed by atoms with Crippen LogP contribution in [0.5, 0.6) is 5.75 Å². The maximum absolute atomic E-state index is 12.8. The first-order valence-electron chi connectivity index (χ1n) is 8.73. The van der Waals surface area contributed by atoms with Crippen LogP contribution in [0.1, 0.15) is 31.7 Å². The zero-order valence-corrected chi connectivity index (χ0v) is 16.3. The van der Waals surface area contributed by atoms with E-state index >= 15 is 0 Å². The van der Waals surface area contributed by atoms with Crippen LogP contribution in [-0.4, -0.2) is 45.9 Å². The predicted octanol–water partition coefficient (Wildman–Crippen LogP) is 2.57. The van der Waals surface area contributed by atoms with Gasteiger partial charge in [-0.3, -0.25) is 4.79 Å². The molecule has 1 aliphatic heterocycles. The number of piperidine rings is 1. The van der Waals surface area contributed by atoms with Gasteiger partial charge in [-0.15, -0.1) is 12.4 Å². The van der Waals surface area contributed by atoms with Gasteiger partial charge in [0.1, 0.15) is 5.75 Å². The van der Waals surface area contributed by atoms with E-state index in [4.69, 9.17) is 9.47 Å². The van der Waals surface area contributed by atoms with Gasteiger partial charge in [0.15, 0.2) is 0 Å². The summed E-state index contributed by atoms with van der Waals surface area (Å²) in [6.45, 7) is 4.31. The molecule has 25 heavy (non-hydrogen) atoms. The first-order chi connectivity index (χ1) is 11.6. The number of halogens is 1. The molecule has 0 spiro atoms. The second kappa shape index (κ2) is 10.6. The molecule has 1 unspecified atom stereocenters. The van der Waals surface area contributed by atoms with Gasteiger partial charge in [0, 0.05) is 13.2 Å². The van der Waals surface area contributed by atoms with Gasteiger partial charge < -0.3 is 20.1 Å². The summed E-state index contributed by atoms with van der Waals surface area (Å²) in [4.78, 5) is 12.8.